The fourth-order valence-corrected chi connectivity index (χ4v) is 2.46. The average molecular weight is 289 g/mol. The van der Waals surface area contributed by atoms with Gasteiger partial charge in [0.2, 0.25) is 5.91 Å². The third-order valence-corrected chi connectivity index (χ3v) is 3.69. The highest BCUT2D eigenvalue weighted by molar-refractivity contribution is 5.92. The summed E-state index contributed by atoms with van der Waals surface area (Å²) in [5.41, 5.74) is 1.49. The van der Waals surface area contributed by atoms with E-state index in [1.807, 2.05) is 11.8 Å². The maximum absolute atomic E-state index is 12.2. The fraction of sp³-hybridized carbons (Fsp3) is 0.500. The number of hydrogen-bond acceptors (Lipinski definition) is 2. The average Bonchev–Trinajstić information content (AvgIpc) is 2.49. The molecule has 1 aromatic carbocycles. The van der Waals surface area contributed by atoms with Gasteiger partial charge in [-0.05, 0) is 43.0 Å². The van der Waals surface area contributed by atoms with Crippen molar-refractivity contribution < 1.29 is 9.59 Å². The van der Waals surface area contributed by atoms with Crippen molar-refractivity contribution in [2.45, 2.75) is 33.1 Å². The number of anilines is 2. The number of hydrogen-bond donors (Lipinski definition) is 2. The van der Waals surface area contributed by atoms with E-state index in [1.54, 1.807) is 24.3 Å². The number of amides is 3. The van der Waals surface area contributed by atoms with Crippen LogP contribution in [0.3, 0.4) is 0 Å². The molecule has 0 aliphatic carbocycles. The molecule has 1 heterocycles. The van der Waals surface area contributed by atoms with Crippen molar-refractivity contribution in [1.29, 1.82) is 0 Å². The molecule has 114 valence electrons. The zero-order valence-electron chi connectivity index (χ0n) is 12.7. The second-order valence-corrected chi connectivity index (χ2v) is 5.60. The van der Waals surface area contributed by atoms with Crippen LogP contribution in [0.2, 0.25) is 0 Å². The first-order chi connectivity index (χ1) is 10.1. The number of nitrogens with zero attached hydrogens (tertiary/aromatic N) is 1. The lowest BCUT2D eigenvalue weighted by Gasteiger charge is -2.30. The van der Waals surface area contributed by atoms with Gasteiger partial charge in [-0.3, -0.25) is 4.79 Å². The van der Waals surface area contributed by atoms with E-state index < -0.39 is 0 Å². The van der Waals surface area contributed by atoms with Crippen molar-refractivity contribution >= 4 is 23.3 Å². The van der Waals surface area contributed by atoms with Crippen molar-refractivity contribution in [3.8, 4) is 0 Å². The number of carbonyl (C=O) groups excluding carboxylic acids is 2. The van der Waals surface area contributed by atoms with Gasteiger partial charge in [-0.15, -0.1) is 0 Å². The van der Waals surface area contributed by atoms with Gasteiger partial charge in [0.15, 0.2) is 0 Å². The van der Waals surface area contributed by atoms with Gasteiger partial charge in [0, 0.05) is 30.9 Å². The largest absolute Gasteiger partial charge is 0.326 e. The number of rotatable bonds is 3. The normalized spacial score (nSPS) is 18.2. The van der Waals surface area contributed by atoms with Crippen LogP contribution in [0.15, 0.2) is 24.3 Å². The molecule has 0 aromatic heterocycles. The van der Waals surface area contributed by atoms with E-state index in [0.29, 0.717) is 12.3 Å². The first-order valence-electron chi connectivity index (χ1n) is 7.54. The van der Waals surface area contributed by atoms with Crippen LogP contribution in [0.5, 0.6) is 0 Å². The highest BCUT2D eigenvalue weighted by atomic mass is 16.2. The van der Waals surface area contributed by atoms with E-state index >= 15 is 0 Å². The quantitative estimate of drug-likeness (QED) is 0.897. The molecule has 1 saturated heterocycles. The van der Waals surface area contributed by atoms with Crippen LogP contribution in [0.1, 0.15) is 33.1 Å². The molecule has 1 aliphatic rings. The van der Waals surface area contributed by atoms with Crippen LogP contribution in [0.4, 0.5) is 16.2 Å². The third-order valence-electron chi connectivity index (χ3n) is 3.69. The van der Waals surface area contributed by atoms with Crippen molar-refractivity contribution in [3.05, 3.63) is 24.3 Å². The predicted molar refractivity (Wildman–Crippen MR) is 84.4 cm³/mol. The summed E-state index contributed by atoms with van der Waals surface area (Å²) in [4.78, 5) is 25.3. The molecule has 1 aromatic rings. The molecule has 0 radical (unpaired) electrons. The second kappa shape index (κ2) is 7.11. The van der Waals surface area contributed by atoms with Gasteiger partial charge >= 0.3 is 6.03 Å². The third kappa shape index (κ3) is 4.48. The molecule has 1 aliphatic heterocycles. The molecule has 21 heavy (non-hydrogen) atoms. The Bertz CT molecular complexity index is 499. The van der Waals surface area contributed by atoms with E-state index in [0.717, 1.165) is 30.9 Å². The smallest absolute Gasteiger partial charge is 0.321 e. The van der Waals surface area contributed by atoms with E-state index in [-0.39, 0.29) is 11.9 Å². The second-order valence-electron chi connectivity index (χ2n) is 5.60. The van der Waals surface area contributed by atoms with Gasteiger partial charge < -0.3 is 15.5 Å². The molecule has 0 bridgehead atoms. The predicted octanol–water partition coefficient (Wildman–Crippen LogP) is 3.30. The lowest BCUT2D eigenvalue weighted by molar-refractivity contribution is -0.115. The summed E-state index contributed by atoms with van der Waals surface area (Å²) in [7, 11) is 0. The van der Waals surface area contributed by atoms with E-state index in [9.17, 15) is 9.59 Å². The molecule has 0 spiro atoms. The zero-order chi connectivity index (χ0) is 15.2. The van der Waals surface area contributed by atoms with Gasteiger partial charge in [0.1, 0.15) is 0 Å². The SMILES string of the molecule is CCC(=O)Nc1ccc(NC(=O)N2CCC[C@@H](C)C2)cc1. The van der Waals surface area contributed by atoms with Crippen LogP contribution in [-0.4, -0.2) is 29.9 Å². The Balaban J connectivity index is 1.90. The summed E-state index contributed by atoms with van der Waals surface area (Å²) in [5.74, 6) is 0.547. The zero-order valence-corrected chi connectivity index (χ0v) is 12.7. The monoisotopic (exact) mass is 289 g/mol. The number of piperidine rings is 1. The highest BCUT2D eigenvalue weighted by Crippen LogP contribution is 2.18. The van der Waals surface area contributed by atoms with Crippen molar-refractivity contribution in [2.24, 2.45) is 5.92 Å². The van der Waals surface area contributed by atoms with Gasteiger partial charge in [-0.2, -0.15) is 0 Å². The summed E-state index contributed by atoms with van der Waals surface area (Å²) in [5, 5.41) is 5.68. The molecule has 2 rings (SSSR count). The van der Waals surface area contributed by atoms with Crippen molar-refractivity contribution in [3.63, 3.8) is 0 Å². The topological polar surface area (TPSA) is 61.4 Å². The molecular formula is C16H23N3O2. The minimum atomic E-state index is -0.0492. The number of benzene rings is 1. The van der Waals surface area contributed by atoms with Gasteiger partial charge in [-0.25, -0.2) is 4.79 Å². The molecule has 1 atom stereocenters. The summed E-state index contributed by atoms with van der Waals surface area (Å²) in [6.45, 7) is 5.62. The Labute approximate surface area is 125 Å². The molecule has 0 unspecified atom stereocenters. The molecule has 3 amide bonds. The van der Waals surface area contributed by atoms with E-state index in [4.69, 9.17) is 0 Å². The number of carbonyl (C=O) groups is 2. The van der Waals surface area contributed by atoms with Crippen LogP contribution in [-0.2, 0) is 4.79 Å². The summed E-state index contributed by atoms with van der Waals surface area (Å²) >= 11 is 0. The molecule has 1 fully saturated rings. The number of urea groups is 1. The van der Waals surface area contributed by atoms with E-state index in [2.05, 4.69) is 17.6 Å². The Morgan fingerprint density at radius 2 is 1.81 bits per heavy atom. The number of likely N-dealkylation sites (tertiary alicyclic amines) is 1. The molecule has 0 saturated carbocycles. The number of nitrogens with one attached hydrogen (secondary N) is 2. The maximum atomic E-state index is 12.2. The molecule has 5 heteroatoms. The molecular weight excluding hydrogens is 266 g/mol. The molecule has 5 nitrogen and oxygen atoms in total. The Hall–Kier alpha value is -2.04. The summed E-state index contributed by atoms with van der Waals surface area (Å²) in [6, 6.07) is 7.14. The highest BCUT2D eigenvalue weighted by Gasteiger charge is 2.20. The Morgan fingerprint density at radius 3 is 2.38 bits per heavy atom. The van der Waals surface area contributed by atoms with Gasteiger partial charge in [0.05, 0.1) is 0 Å². The molecule has 2 N–H and O–H groups in total. The van der Waals surface area contributed by atoms with E-state index in [1.165, 1.54) is 6.42 Å². The van der Waals surface area contributed by atoms with Crippen LogP contribution in [0, 0.1) is 5.92 Å². The van der Waals surface area contributed by atoms with Crippen LogP contribution < -0.4 is 10.6 Å². The lowest BCUT2D eigenvalue weighted by Crippen LogP contribution is -2.41. The van der Waals surface area contributed by atoms with Crippen LogP contribution in [0.25, 0.3) is 0 Å². The van der Waals surface area contributed by atoms with Crippen LogP contribution >= 0.6 is 0 Å². The first kappa shape index (κ1) is 15.4. The Kier molecular flexibility index (Phi) is 5.20. The van der Waals surface area contributed by atoms with Crippen molar-refractivity contribution in [2.75, 3.05) is 23.7 Å². The lowest BCUT2D eigenvalue weighted by atomic mass is 10.0. The Morgan fingerprint density at radius 1 is 1.19 bits per heavy atom. The maximum Gasteiger partial charge on any atom is 0.321 e. The minimum absolute atomic E-state index is 0.0194. The minimum Gasteiger partial charge on any atom is -0.326 e. The van der Waals surface area contributed by atoms with Gasteiger partial charge in [-0.1, -0.05) is 13.8 Å². The standard InChI is InChI=1S/C16H23N3O2/c1-3-15(20)17-13-6-8-14(9-7-13)18-16(21)19-10-4-5-12(2)11-19/h6-9,12H,3-5,10-11H2,1-2H3,(H,17,20)(H,18,21)/t12-/m1/s1. The summed E-state index contributed by atoms with van der Waals surface area (Å²) in [6.07, 6.45) is 2.71. The van der Waals surface area contributed by atoms with Crippen molar-refractivity contribution in [1.82, 2.24) is 4.90 Å². The summed E-state index contributed by atoms with van der Waals surface area (Å²) < 4.78 is 0. The van der Waals surface area contributed by atoms with Gasteiger partial charge in [0.25, 0.3) is 0 Å². The first-order valence-corrected chi connectivity index (χ1v) is 7.54. The fourth-order valence-electron chi connectivity index (χ4n) is 2.46.